The number of para-hydroxylation sites is 1. The standard InChI is InChI=1S/C27H23N5O/c1-18-12-19(2)25(20(3)13-18)30-27(33)22(15-28)14-23-17-32(24-9-5-4-6-10-24)31-26(23)21-8-7-11-29-16-21/h4-14,16-17H,1-3H3,(H,30,33). The Kier molecular flexibility index (Phi) is 6.14. The average Bonchev–Trinajstić information content (AvgIpc) is 3.24. The number of rotatable bonds is 5. The van der Waals surface area contributed by atoms with Crippen molar-refractivity contribution in [2.24, 2.45) is 0 Å². The molecule has 1 amide bonds. The summed E-state index contributed by atoms with van der Waals surface area (Å²) < 4.78 is 1.73. The molecule has 0 saturated heterocycles. The third kappa shape index (κ3) is 4.73. The van der Waals surface area contributed by atoms with Crippen LogP contribution in [0.15, 0.2) is 78.8 Å². The van der Waals surface area contributed by atoms with Crippen LogP contribution in [0.4, 0.5) is 5.69 Å². The summed E-state index contributed by atoms with van der Waals surface area (Å²) in [6.07, 6.45) is 6.78. The first kappa shape index (κ1) is 21.7. The highest BCUT2D eigenvalue weighted by Crippen LogP contribution is 2.26. The van der Waals surface area contributed by atoms with E-state index in [1.54, 1.807) is 23.2 Å². The molecule has 162 valence electrons. The second-order valence-corrected chi connectivity index (χ2v) is 7.85. The van der Waals surface area contributed by atoms with E-state index in [1.807, 2.05) is 87.6 Å². The minimum absolute atomic E-state index is 0.00729. The molecule has 6 nitrogen and oxygen atoms in total. The van der Waals surface area contributed by atoms with Gasteiger partial charge in [-0.05, 0) is 62.2 Å². The topological polar surface area (TPSA) is 83.6 Å². The number of aromatic nitrogens is 3. The van der Waals surface area contributed by atoms with E-state index in [4.69, 9.17) is 5.10 Å². The van der Waals surface area contributed by atoms with Gasteiger partial charge in [-0.2, -0.15) is 10.4 Å². The van der Waals surface area contributed by atoms with E-state index in [9.17, 15) is 10.1 Å². The highest BCUT2D eigenvalue weighted by Gasteiger charge is 2.17. The van der Waals surface area contributed by atoms with E-state index in [2.05, 4.69) is 10.3 Å². The summed E-state index contributed by atoms with van der Waals surface area (Å²) in [6.45, 7) is 5.89. The van der Waals surface area contributed by atoms with Crippen molar-refractivity contribution in [3.8, 4) is 23.0 Å². The van der Waals surface area contributed by atoms with Crippen LogP contribution in [0.5, 0.6) is 0 Å². The molecular weight excluding hydrogens is 410 g/mol. The highest BCUT2D eigenvalue weighted by molar-refractivity contribution is 6.10. The first-order valence-electron chi connectivity index (χ1n) is 10.5. The molecule has 0 aliphatic carbocycles. The Hall–Kier alpha value is -4.50. The van der Waals surface area contributed by atoms with Crippen molar-refractivity contribution >= 4 is 17.7 Å². The van der Waals surface area contributed by atoms with Crippen molar-refractivity contribution in [1.82, 2.24) is 14.8 Å². The molecule has 33 heavy (non-hydrogen) atoms. The van der Waals surface area contributed by atoms with Crippen LogP contribution in [0, 0.1) is 32.1 Å². The fourth-order valence-electron chi connectivity index (χ4n) is 3.80. The van der Waals surface area contributed by atoms with Gasteiger partial charge in [0.2, 0.25) is 0 Å². The van der Waals surface area contributed by atoms with E-state index in [0.717, 1.165) is 33.6 Å². The summed E-state index contributed by atoms with van der Waals surface area (Å²) in [7, 11) is 0. The van der Waals surface area contributed by atoms with Crippen LogP contribution < -0.4 is 5.32 Å². The molecule has 4 aromatic rings. The Morgan fingerprint density at radius 3 is 2.42 bits per heavy atom. The predicted molar refractivity (Wildman–Crippen MR) is 130 cm³/mol. The zero-order chi connectivity index (χ0) is 23.4. The molecule has 1 N–H and O–H groups in total. The first-order valence-corrected chi connectivity index (χ1v) is 10.5. The Morgan fingerprint density at radius 1 is 1.06 bits per heavy atom. The molecule has 0 aliphatic heterocycles. The van der Waals surface area contributed by atoms with Gasteiger partial charge >= 0.3 is 0 Å². The van der Waals surface area contributed by atoms with E-state index in [1.165, 1.54) is 0 Å². The molecule has 6 heteroatoms. The predicted octanol–water partition coefficient (Wildman–Crippen LogP) is 5.41. The summed E-state index contributed by atoms with van der Waals surface area (Å²) in [6, 6.07) is 19.4. The maximum atomic E-state index is 13.0. The zero-order valence-electron chi connectivity index (χ0n) is 18.7. The van der Waals surface area contributed by atoms with Crippen LogP contribution >= 0.6 is 0 Å². The van der Waals surface area contributed by atoms with Crippen molar-refractivity contribution in [2.45, 2.75) is 20.8 Å². The smallest absolute Gasteiger partial charge is 0.266 e. The molecule has 0 aliphatic rings. The molecule has 0 radical (unpaired) electrons. The van der Waals surface area contributed by atoms with Gasteiger partial charge in [0.15, 0.2) is 0 Å². The maximum Gasteiger partial charge on any atom is 0.266 e. The maximum absolute atomic E-state index is 13.0. The van der Waals surface area contributed by atoms with Crippen molar-refractivity contribution in [2.75, 3.05) is 5.32 Å². The number of nitrogens with one attached hydrogen (secondary N) is 1. The van der Waals surface area contributed by atoms with Crippen molar-refractivity contribution in [3.63, 3.8) is 0 Å². The molecule has 0 saturated carbocycles. The number of hydrogen-bond acceptors (Lipinski definition) is 4. The van der Waals surface area contributed by atoms with Crippen LogP contribution in [0.3, 0.4) is 0 Å². The third-order valence-electron chi connectivity index (χ3n) is 5.28. The number of anilines is 1. The van der Waals surface area contributed by atoms with Crippen LogP contribution in [-0.4, -0.2) is 20.7 Å². The molecule has 0 fully saturated rings. The van der Waals surface area contributed by atoms with Gasteiger partial charge in [-0.1, -0.05) is 35.9 Å². The lowest BCUT2D eigenvalue weighted by molar-refractivity contribution is -0.112. The third-order valence-corrected chi connectivity index (χ3v) is 5.28. The SMILES string of the molecule is Cc1cc(C)c(NC(=O)C(C#N)=Cc2cn(-c3ccccc3)nc2-c2cccnc2)c(C)c1. The summed E-state index contributed by atoms with van der Waals surface area (Å²) in [4.78, 5) is 17.2. The lowest BCUT2D eigenvalue weighted by Gasteiger charge is -2.12. The Balaban J connectivity index is 1.75. The normalized spacial score (nSPS) is 11.2. The number of nitrogens with zero attached hydrogens (tertiary/aromatic N) is 4. The first-order chi connectivity index (χ1) is 16.0. The van der Waals surface area contributed by atoms with Gasteiger partial charge in [-0.3, -0.25) is 9.78 Å². The fraction of sp³-hybridized carbons (Fsp3) is 0.111. The Morgan fingerprint density at radius 2 is 1.79 bits per heavy atom. The van der Waals surface area contributed by atoms with Gasteiger partial charge < -0.3 is 5.32 Å². The minimum Gasteiger partial charge on any atom is -0.321 e. The largest absolute Gasteiger partial charge is 0.321 e. The number of pyridine rings is 1. The van der Waals surface area contributed by atoms with Gasteiger partial charge in [0.25, 0.3) is 5.91 Å². The number of benzene rings is 2. The van der Waals surface area contributed by atoms with E-state index < -0.39 is 5.91 Å². The molecule has 0 atom stereocenters. The number of hydrogen-bond donors (Lipinski definition) is 1. The molecule has 0 spiro atoms. The van der Waals surface area contributed by atoms with Crippen molar-refractivity contribution in [3.05, 3.63) is 101 Å². The van der Waals surface area contributed by atoms with E-state index >= 15 is 0 Å². The molecule has 2 aromatic carbocycles. The average molecular weight is 434 g/mol. The number of nitriles is 1. The second kappa shape index (κ2) is 9.33. The highest BCUT2D eigenvalue weighted by atomic mass is 16.1. The molecule has 2 heterocycles. The van der Waals surface area contributed by atoms with Gasteiger partial charge in [0.1, 0.15) is 17.3 Å². The minimum atomic E-state index is -0.461. The molecule has 0 bridgehead atoms. The Bertz CT molecular complexity index is 1360. The van der Waals surface area contributed by atoms with Crippen molar-refractivity contribution < 1.29 is 4.79 Å². The van der Waals surface area contributed by atoms with Crippen molar-refractivity contribution in [1.29, 1.82) is 5.26 Å². The van der Waals surface area contributed by atoms with Crippen LogP contribution in [0.1, 0.15) is 22.3 Å². The number of amides is 1. The van der Waals surface area contributed by atoms with Gasteiger partial charge in [0, 0.05) is 35.4 Å². The van der Waals surface area contributed by atoms with Gasteiger partial charge in [0.05, 0.1) is 5.69 Å². The van der Waals surface area contributed by atoms with Crippen LogP contribution in [0.2, 0.25) is 0 Å². The molecular formula is C27H23N5O. The van der Waals surface area contributed by atoms with Crippen LogP contribution in [0.25, 0.3) is 23.0 Å². The summed E-state index contributed by atoms with van der Waals surface area (Å²) >= 11 is 0. The number of aryl methyl sites for hydroxylation is 3. The number of carbonyl (C=O) groups excluding carboxylic acids is 1. The Labute approximate surface area is 192 Å². The summed E-state index contributed by atoms with van der Waals surface area (Å²) in [5.74, 6) is -0.461. The molecule has 4 rings (SSSR count). The van der Waals surface area contributed by atoms with Gasteiger partial charge in [-0.25, -0.2) is 4.68 Å². The monoisotopic (exact) mass is 433 g/mol. The summed E-state index contributed by atoms with van der Waals surface area (Å²) in [5, 5.41) is 17.4. The second-order valence-electron chi connectivity index (χ2n) is 7.85. The lowest BCUT2D eigenvalue weighted by Crippen LogP contribution is -2.15. The van der Waals surface area contributed by atoms with E-state index in [0.29, 0.717) is 11.3 Å². The zero-order valence-corrected chi connectivity index (χ0v) is 18.7. The van der Waals surface area contributed by atoms with Crippen LogP contribution in [-0.2, 0) is 4.79 Å². The van der Waals surface area contributed by atoms with Gasteiger partial charge in [-0.15, -0.1) is 0 Å². The lowest BCUT2D eigenvalue weighted by atomic mass is 10.0. The quantitative estimate of drug-likeness (QED) is 0.337. The molecule has 2 aromatic heterocycles. The fourth-order valence-corrected chi connectivity index (χ4v) is 3.80. The van der Waals surface area contributed by atoms with E-state index in [-0.39, 0.29) is 5.57 Å². The summed E-state index contributed by atoms with van der Waals surface area (Å²) in [5.41, 5.74) is 6.68. The number of carbonyl (C=O) groups is 1. The molecule has 0 unspecified atom stereocenters.